The molecular formula is C14H23NS. The fourth-order valence-electron chi connectivity index (χ4n) is 1.75. The SMILES string of the molecule is CCC(CCCSCc1ccccc1)NC. The molecule has 90 valence electrons. The smallest absolute Gasteiger partial charge is 0.0184 e. The zero-order valence-corrected chi connectivity index (χ0v) is 11.2. The van der Waals surface area contributed by atoms with E-state index in [2.05, 4.69) is 49.6 Å². The molecule has 1 rings (SSSR count). The summed E-state index contributed by atoms with van der Waals surface area (Å²) in [4.78, 5) is 0. The molecule has 0 amide bonds. The zero-order chi connectivity index (χ0) is 11.6. The molecule has 1 aromatic carbocycles. The Morgan fingerprint density at radius 2 is 2.00 bits per heavy atom. The van der Waals surface area contributed by atoms with E-state index in [9.17, 15) is 0 Å². The molecule has 1 unspecified atom stereocenters. The van der Waals surface area contributed by atoms with Crippen LogP contribution in [-0.4, -0.2) is 18.8 Å². The summed E-state index contributed by atoms with van der Waals surface area (Å²) < 4.78 is 0. The summed E-state index contributed by atoms with van der Waals surface area (Å²) in [5, 5.41) is 3.35. The second kappa shape index (κ2) is 8.66. The zero-order valence-electron chi connectivity index (χ0n) is 10.4. The van der Waals surface area contributed by atoms with Crippen LogP contribution in [0.15, 0.2) is 30.3 Å². The first-order valence-corrected chi connectivity index (χ1v) is 7.31. The van der Waals surface area contributed by atoms with E-state index in [1.165, 1.54) is 30.6 Å². The van der Waals surface area contributed by atoms with Crippen LogP contribution in [0, 0.1) is 0 Å². The molecule has 0 aromatic heterocycles. The highest BCUT2D eigenvalue weighted by atomic mass is 32.2. The Balaban J connectivity index is 2.04. The molecule has 2 heteroatoms. The maximum atomic E-state index is 3.35. The maximum absolute atomic E-state index is 3.35. The van der Waals surface area contributed by atoms with Crippen molar-refractivity contribution in [2.45, 2.75) is 38.0 Å². The van der Waals surface area contributed by atoms with Crippen LogP contribution in [0.25, 0.3) is 0 Å². The monoisotopic (exact) mass is 237 g/mol. The molecule has 0 aliphatic carbocycles. The molecule has 1 atom stereocenters. The van der Waals surface area contributed by atoms with Gasteiger partial charge in [0.15, 0.2) is 0 Å². The minimum Gasteiger partial charge on any atom is -0.317 e. The van der Waals surface area contributed by atoms with E-state index < -0.39 is 0 Å². The van der Waals surface area contributed by atoms with Gasteiger partial charge >= 0.3 is 0 Å². The molecule has 0 heterocycles. The first-order chi connectivity index (χ1) is 7.86. The Morgan fingerprint density at radius 1 is 1.25 bits per heavy atom. The van der Waals surface area contributed by atoms with E-state index in [0.717, 1.165) is 5.75 Å². The third-order valence-electron chi connectivity index (χ3n) is 2.85. The van der Waals surface area contributed by atoms with Gasteiger partial charge in [0.1, 0.15) is 0 Å². The minimum atomic E-state index is 0.706. The molecule has 0 aliphatic heterocycles. The fourth-order valence-corrected chi connectivity index (χ4v) is 2.69. The van der Waals surface area contributed by atoms with Crippen molar-refractivity contribution in [2.24, 2.45) is 0 Å². The number of thioether (sulfide) groups is 1. The van der Waals surface area contributed by atoms with Gasteiger partial charge in [-0.25, -0.2) is 0 Å². The highest BCUT2D eigenvalue weighted by Gasteiger charge is 2.01. The van der Waals surface area contributed by atoms with Crippen LogP contribution in [-0.2, 0) is 5.75 Å². The summed E-state index contributed by atoms with van der Waals surface area (Å²) >= 11 is 2.04. The van der Waals surface area contributed by atoms with Gasteiger partial charge in [0.05, 0.1) is 0 Å². The van der Waals surface area contributed by atoms with Crippen LogP contribution in [0.3, 0.4) is 0 Å². The molecule has 0 aliphatic rings. The van der Waals surface area contributed by atoms with E-state index in [1.807, 2.05) is 11.8 Å². The maximum Gasteiger partial charge on any atom is 0.0184 e. The van der Waals surface area contributed by atoms with Crippen LogP contribution in [0.1, 0.15) is 31.7 Å². The lowest BCUT2D eigenvalue weighted by molar-refractivity contribution is 0.504. The Labute approximate surface area is 104 Å². The molecule has 16 heavy (non-hydrogen) atoms. The lowest BCUT2D eigenvalue weighted by Gasteiger charge is -2.12. The van der Waals surface area contributed by atoms with E-state index in [-0.39, 0.29) is 0 Å². The van der Waals surface area contributed by atoms with Crippen molar-refractivity contribution in [1.82, 2.24) is 5.32 Å². The number of hydrogen-bond acceptors (Lipinski definition) is 2. The Hall–Kier alpha value is -0.470. The summed E-state index contributed by atoms with van der Waals surface area (Å²) in [6.07, 6.45) is 3.85. The molecule has 1 nitrogen and oxygen atoms in total. The fraction of sp³-hybridized carbons (Fsp3) is 0.571. The number of rotatable bonds is 8. The van der Waals surface area contributed by atoms with Crippen molar-refractivity contribution in [3.05, 3.63) is 35.9 Å². The number of hydrogen-bond donors (Lipinski definition) is 1. The van der Waals surface area contributed by atoms with Crippen LogP contribution in [0.5, 0.6) is 0 Å². The Bertz CT molecular complexity index is 257. The van der Waals surface area contributed by atoms with Crippen molar-refractivity contribution in [2.75, 3.05) is 12.8 Å². The van der Waals surface area contributed by atoms with Crippen molar-refractivity contribution in [3.8, 4) is 0 Å². The normalized spacial score (nSPS) is 12.6. The number of benzene rings is 1. The van der Waals surface area contributed by atoms with Gasteiger partial charge in [-0.2, -0.15) is 11.8 Å². The van der Waals surface area contributed by atoms with Gasteiger partial charge in [-0.1, -0.05) is 37.3 Å². The average molecular weight is 237 g/mol. The van der Waals surface area contributed by atoms with Gasteiger partial charge in [0.25, 0.3) is 0 Å². The van der Waals surface area contributed by atoms with Crippen molar-refractivity contribution in [3.63, 3.8) is 0 Å². The highest BCUT2D eigenvalue weighted by Crippen LogP contribution is 2.14. The third kappa shape index (κ3) is 5.57. The van der Waals surface area contributed by atoms with Crippen LogP contribution in [0.4, 0.5) is 0 Å². The minimum absolute atomic E-state index is 0.706. The second-order valence-electron chi connectivity index (χ2n) is 4.07. The van der Waals surface area contributed by atoms with Crippen molar-refractivity contribution >= 4 is 11.8 Å². The van der Waals surface area contributed by atoms with Gasteiger partial charge in [-0.15, -0.1) is 0 Å². The first kappa shape index (κ1) is 13.6. The van der Waals surface area contributed by atoms with Crippen molar-refractivity contribution in [1.29, 1.82) is 0 Å². The highest BCUT2D eigenvalue weighted by molar-refractivity contribution is 7.98. The standard InChI is InChI=1S/C14H23NS/c1-3-14(15-2)10-7-11-16-12-13-8-5-4-6-9-13/h4-6,8-9,14-15H,3,7,10-12H2,1-2H3. The van der Waals surface area contributed by atoms with E-state index in [4.69, 9.17) is 0 Å². The number of nitrogens with one attached hydrogen (secondary N) is 1. The second-order valence-corrected chi connectivity index (χ2v) is 5.18. The molecule has 1 aromatic rings. The van der Waals surface area contributed by atoms with Gasteiger partial charge in [-0.05, 0) is 37.6 Å². The lowest BCUT2D eigenvalue weighted by Crippen LogP contribution is -2.23. The summed E-state index contributed by atoms with van der Waals surface area (Å²) in [6.45, 7) is 2.25. The summed E-state index contributed by atoms with van der Waals surface area (Å²) in [6, 6.07) is 11.4. The molecule has 0 saturated heterocycles. The van der Waals surface area contributed by atoms with E-state index in [0.29, 0.717) is 6.04 Å². The predicted octanol–water partition coefficient (Wildman–Crippen LogP) is 3.70. The Morgan fingerprint density at radius 3 is 2.62 bits per heavy atom. The summed E-state index contributed by atoms with van der Waals surface area (Å²) in [7, 11) is 2.06. The first-order valence-electron chi connectivity index (χ1n) is 6.15. The molecular weight excluding hydrogens is 214 g/mol. The molecule has 0 saturated carbocycles. The largest absolute Gasteiger partial charge is 0.317 e. The van der Waals surface area contributed by atoms with Gasteiger partial charge in [0.2, 0.25) is 0 Å². The molecule has 0 spiro atoms. The summed E-state index contributed by atoms with van der Waals surface area (Å²) in [5.41, 5.74) is 1.44. The van der Waals surface area contributed by atoms with Gasteiger partial charge in [0, 0.05) is 11.8 Å². The van der Waals surface area contributed by atoms with Crippen molar-refractivity contribution < 1.29 is 0 Å². The summed E-state index contributed by atoms with van der Waals surface area (Å²) in [5.74, 6) is 2.42. The van der Waals surface area contributed by atoms with E-state index in [1.54, 1.807) is 0 Å². The van der Waals surface area contributed by atoms with Crippen LogP contribution >= 0.6 is 11.8 Å². The quantitative estimate of drug-likeness (QED) is 0.692. The third-order valence-corrected chi connectivity index (χ3v) is 3.97. The van der Waals surface area contributed by atoms with E-state index >= 15 is 0 Å². The topological polar surface area (TPSA) is 12.0 Å². The van der Waals surface area contributed by atoms with Gasteiger partial charge < -0.3 is 5.32 Å². The lowest BCUT2D eigenvalue weighted by atomic mass is 10.1. The molecule has 1 N–H and O–H groups in total. The van der Waals surface area contributed by atoms with Crippen LogP contribution < -0.4 is 5.32 Å². The average Bonchev–Trinajstić information content (AvgIpc) is 2.35. The Kier molecular flexibility index (Phi) is 7.35. The predicted molar refractivity (Wildman–Crippen MR) is 75.0 cm³/mol. The van der Waals surface area contributed by atoms with Crippen LogP contribution in [0.2, 0.25) is 0 Å². The molecule has 0 bridgehead atoms. The molecule has 0 radical (unpaired) electrons. The van der Waals surface area contributed by atoms with Gasteiger partial charge in [-0.3, -0.25) is 0 Å². The molecule has 0 fully saturated rings.